The van der Waals surface area contributed by atoms with Crippen LogP contribution in [0.4, 0.5) is 5.69 Å². The van der Waals surface area contributed by atoms with Crippen LogP contribution in [0.15, 0.2) is 28.9 Å². The first-order valence-corrected chi connectivity index (χ1v) is 6.41. The number of nitrogens with one attached hydrogen (secondary N) is 1. The molecule has 0 spiro atoms. The molecule has 0 aliphatic carbocycles. The predicted octanol–water partition coefficient (Wildman–Crippen LogP) is 2.22. The molecule has 2 aromatic heterocycles. The van der Waals surface area contributed by atoms with Crippen molar-refractivity contribution >= 4 is 29.2 Å². The zero-order valence-corrected chi connectivity index (χ0v) is 12.0. The molecule has 1 amide bonds. The van der Waals surface area contributed by atoms with Crippen molar-refractivity contribution in [1.29, 1.82) is 0 Å². The standard InChI is InChI=1S/C13H12ClN3O4/c1-7-6-10(21-17-7)13(19)20-8(2)12(18)16-9-4-3-5-15-11(9)14/h3-6,8H,1-2H3,(H,16,18)/t8-/m0/s1. The van der Waals surface area contributed by atoms with Gasteiger partial charge in [0.25, 0.3) is 5.91 Å². The molecule has 0 unspecified atom stereocenters. The highest BCUT2D eigenvalue weighted by Crippen LogP contribution is 2.18. The van der Waals surface area contributed by atoms with E-state index in [0.717, 1.165) is 0 Å². The average molecular weight is 310 g/mol. The van der Waals surface area contributed by atoms with Crippen LogP contribution in [-0.2, 0) is 9.53 Å². The normalized spacial score (nSPS) is 11.8. The van der Waals surface area contributed by atoms with Gasteiger partial charge in [-0.3, -0.25) is 4.79 Å². The van der Waals surface area contributed by atoms with Gasteiger partial charge in [-0.05, 0) is 26.0 Å². The Labute approximate surface area is 125 Å². The minimum Gasteiger partial charge on any atom is -0.447 e. The largest absolute Gasteiger partial charge is 0.447 e. The summed E-state index contributed by atoms with van der Waals surface area (Å²) >= 11 is 5.82. The highest BCUT2D eigenvalue weighted by molar-refractivity contribution is 6.32. The summed E-state index contributed by atoms with van der Waals surface area (Å²) in [4.78, 5) is 27.5. The second kappa shape index (κ2) is 6.36. The molecular weight excluding hydrogens is 298 g/mol. The quantitative estimate of drug-likeness (QED) is 0.687. The molecule has 0 bridgehead atoms. The van der Waals surface area contributed by atoms with Gasteiger partial charge in [0.15, 0.2) is 11.3 Å². The molecule has 0 fully saturated rings. The second-order valence-corrected chi connectivity index (χ2v) is 4.57. The Morgan fingerprint density at radius 3 is 2.86 bits per heavy atom. The highest BCUT2D eigenvalue weighted by atomic mass is 35.5. The molecule has 7 nitrogen and oxygen atoms in total. The third-order valence-electron chi connectivity index (χ3n) is 2.50. The van der Waals surface area contributed by atoms with E-state index in [1.807, 2.05) is 0 Å². The van der Waals surface area contributed by atoms with Gasteiger partial charge < -0.3 is 14.6 Å². The SMILES string of the molecule is Cc1cc(C(=O)O[C@@H](C)C(=O)Nc2cccnc2Cl)on1. The van der Waals surface area contributed by atoms with Gasteiger partial charge in [0.1, 0.15) is 0 Å². The number of amides is 1. The van der Waals surface area contributed by atoms with Crippen LogP contribution in [-0.4, -0.2) is 28.1 Å². The molecule has 110 valence electrons. The van der Waals surface area contributed by atoms with Crippen LogP contribution < -0.4 is 5.32 Å². The number of pyridine rings is 1. The monoisotopic (exact) mass is 309 g/mol. The van der Waals surface area contributed by atoms with E-state index >= 15 is 0 Å². The van der Waals surface area contributed by atoms with Crippen molar-refractivity contribution in [2.24, 2.45) is 0 Å². The second-order valence-electron chi connectivity index (χ2n) is 4.21. The first-order valence-electron chi connectivity index (χ1n) is 6.03. The fraction of sp³-hybridized carbons (Fsp3) is 0.231. The summed E-state index contributed by atoms with van der Waals surface area (Å²) in [7, 11) is 0. The van der Waals surface area contributed by atoms with Gasteiger partial charge in [0.05, 0.1) is 11.4 Å². The fourth-order valence-corrected chi connectivity index (χ4v) is 1.61. The Morgan fingerprint density at radius 1 is 1.48 bits per heavy atom. The lowest BCUT2D eigenvalue weighted by Gasteiger charge is -2.12. The lowest BCUT2D eigenvalue weighted by atomic mass is 10.3. The number of rotatable bonds is 4. The van der Waals surface area contributed by atoms with Crippen molar-refractivity contribution in [1.82, 2.24) is 10.1 Å². The molecule has 2 aromatic rings. The smallest absolute Gasteiger partial charge is 0.377 e. The van der Waals surface area contributed by atoms with Crippen LogP contribution in [0.3, 0.4) is 0 Å². The number of hydrogen-bond acceptors (Lipinski definition) is 6. The topological polar surface area (TPSA) is 94.3 Å². The Hall–Kier alpha value is -2.41. The van der Waals surface area contributed by atoms with Gasteiger partial charge in [0, 0.05) is 12.3 Å². The Bertz CT molecular complexity index is 671. The maximum atomic E-state index is 11.9. The summed E-state index contributed by atoms with van der Waals surface area (Å²) in [6.45, 7) is 3.10. The average Bonchev–Trinajstić information content (AvgIpc) is 2.88. The van der Waals surface area contributed by atoms with Crippen LogP contribution in [0.25, 0.3) is 0 Å². The molecule has 1 atom stereocenters. The number of carbonyl (C=O) groups excluding carboxylic acids is 2. The molecule has 8 heteroatoms. The molecule has 0 aliphatic rings. The number of aryl methyl sites for hydroxylation is 1. The number of esters is 1. The molecule has 0 aromatic carbocycles. The van der Waals surface area contributed by atoms with Gasteiger partial charge >= 0.3 is 5.97 Å². The summed E-state index contributed by atoms with van der Waals surface area (Å²) in [5.74, 6) is -1.36. The van der Waals surface area contributed by atoms with Crippen molar-refractivity contribution in [2.45, 2.75) is 20.0 Å². The number of aromatic nitrogens is 2. The van der Waals surface area contributed by atoms with E-state index in [1.54, 1.807) is 19.1 Å². The summed E-state index contributed by atoms with van der Waals surface area (Å²) < 4.78 is 9.73. The molecule has 2 rings (SSSR count). The minimum absolute atomic E-state index is 0.0634. The maximum absolute atomic E-state index is 11.9. The Morgan fingerprint density at radius 2 is 2.24 bits per heavy atom. The van der Waals surface area contributed by atoms with Crippen molar-refractivity contribution in [3.05, 3.63) is 41.0 Å². The number of hydrogen-bond donors (Lipinski definition) is 1. The molecule has 0 saturated carbocycles. The van der Waals surface area contributed by atoms with E-state index in [9.17, 15) is 9.59 Å². The van der Waals surface area contributed by atoms with Crippen LogP contribution in [0, 0.1) is 6.92 Å². The van der Waals surface area contributed by atoms with Gasteiger partial charge in [-0.1, -0.05) is 16.8 Å². The van der Waals surface area contributed by atoms with Gasteiger partial charge in [-0.2, -0.15) is 0 Å². The number of nitrogens with zero attached hydrogens (tertiary/aromatic N) is 2. The Kier molecular flexibility index (Phi) is 4.54. The van der Waals surface area contributed by atoms with Crippen molar-refractivity contribution < 1.29 is 18.8 Å². The number of halogens is 1. The first-order chi connectivity index (χ1) is 9.97. The Balaban J connectivity index is 1.97. The van der Waals surface area contributed by atoms with E-state index in [1.165, 1.54) is 19.2 Å². The molecule has 1 N–H and O–H groups in total. The van der Waals surface area contributed by atoms with Crippen LogP contribution in [0.1, 0.15) is 23.2 Å². The third-order valence-corrected chi connectivity index (χ3v) is 2.80. The zero-order chi connectivity index (χ0) is 15.4. The van der Waals surface area contributed by atoms with E-state index in [2.05, 4.69) is 15.5 Å². The molecule has 21 heavy (non-hydrogen) atoms. The molecule has 0 saturated heterocycles. The van der Waals surface area contributed by atoms with Gasteiger partial charge in [0.2, 0.25) is 5.76 Å². The third kappa shape index (κ3) is 3.79. The summed E-state index contributed by atoms with van der Waals surface area (Å²) in [6, 6.07) is 4.63. The fourth-order valence-electron chi connectivity index (χ4n) is 1.45. The lowest BCUT2D eigenvalue weighted by Crippen LogP contribution is -2.30. The predicted molar refractivity (Wildman–Crippen MR) is 74.0 cm³/mol. The van der Waals surface area contributed by atoms with Crippen LogP contribution >= 0.6 is 11.6 Å². The lowest BCUT2D eigenvalue weighted by molar-refractivity contribution is -0.123. The first kappa shape index (κ1) is 15.0. The maximum Gasteiger partial charge on any atom is 0.377 e. The van der Waals surface area contributed by atoms with E-state index in [0.29, 0.717) is 11.4 Å². The number of anilines is 1. The number of carbonyl (C=O) groups is 2. The highest BCUT2D eigenvalue weighted by Gasteiger charge is 2.22. The summed E-state index contributed by atoms with van der Waals surface area (Å²) in [6.07, 6.45) is 0.465. The van der Waals surface area contributed by atoms with E-state index in [-0.39, 0.29) is 10.9 Å². The van der Waals surface area contributed by atoms with Gasteiger partial charge in [-0.25, -0.2) is 9.78 Å². The van der Waals surface area contributed by atoms with E-state index in [4.69, 9.17) is 20.9 Å². The minimum atomic E-state index is -1.03. The van der Waals surface area contributed by atoms with Gasteiger partial charge in [-0.15, -0.1) is 0 Å². The molecular formula is C13H12ClN3O4. The summed E-state index contributed by atoms with van der Waals surface area (Å²) in [5.41, 5.74) is 0.878. The molecule has 0 radical (unpaired) electrons. The van der Waals surface area contributed by atoms with Crippen molar-refractivity contribution in [2.75, 3.05) is 5.32 Å². The van der Waals surface area contributed by atoms with Crippen molar-refractivity contribution in [3.8, 4) is 0 Å². The molecule has 2 heterocycles. The van der Waals surface area contributed by atoms with E-state index < -0.39 is 18.0 Å². The summed E-state index contributed by atoms with van der Waals surface area (Å²) in [5, 5.41) is 6.23. The molecule has 0 aliphatic heterocycles. The zero-order valence-electron chi connectivity index (χ0n) is 11.3. The van der Waals surface area contributed by atoms with Crippen LogP contribution in [0.5, 0.6) is 0 Å². The van der Waals surface area contributed by atoms with Crippen molar-refractivity contribution in [3.63, 3.8) is 0 Å². The number of ether oxygens (including phenoxy) is 1. The van der Waals surface area contributed by atoms with Crippen LogP contribution in [0.2, 0.25) is 5.15 Å².